The summed E-state index contributed by atoms with van der Waals surface area (Å²) in [6, 6.07) is 7.58. The van der Waals surface area contributed by atoms with Crippen molar-refractivity contribution >= 4 is 11.6 Å². The van der Waals surface area contributed by atoms with Gasteiger partial charge in [0, 0.05) is 5.02 Å². The number of hydrogen-bond donors (Lipinski definition) is 1. The van der Waals surface area contributed by atoms with Gasteiger partial charge in [-0.25, -0.2) is 0 Å². The van der Waals surface area contributed by atoms with Gasteiger partial charge in [0.05, 0.1) is 6.10 Å². The lowest BCUT2D eigenvalue weighted by Gasteiger charge is -2.18. The first-order valence-electron chi connectivity index (χ1n) is 6.69. The summed E-state index contributed by atoms with van der Waals surface area (Å²) < 4.78 is 0. The van der Waals surface area contributed by atoms with Gasteiger partial charge in [0.2, 0.25) is 0 Å². The van der Waals surface area contributed by atoms with Crippen molar-refractivity contribution in [2.75, 3.05) is 0 Å². The van der Waals surface area contributed by atoms with Crippen LogP contribution in [0.15, 0.2) is 24.3 Å². The topological polar surface area (TPSA) is 20.2 Å². The first kappa shape index (κ1) is 12.9. The average molecular weight is 253 g/mol. The van der Waals surface area contributed by atoms with Gasteiger partial charge in [-0.15, -0.1) is 0 Å². The third kappa shape index (κ3) is 4.01. The molecule has 1 fully saturated rings. The number of benzene rings is 1. The van der Waals surface area contributed by atoms with Crippen LogP contribution < -0.4 is 0 Å². The zero-order valence-corrected chi connectivity index (χ0v) is 11.0. The Morgan fingerprint density at radius 1 is 1.06 bits per heavy atom. The molecule has 1 saturated carbocycles. The predicted octanol–water partition coefficient (Wildman–Crippen LogP) is 4.73. The van der Waals surface area contributed by atoms with Crippen LogP contribution in [-0.2, 0) is 0 Å². The van der Waals surface area contributed by atoms with Crippen LogP contribution in [-0.4, -0.2) is 5.11 Å². The molecule has 0 spiro atoms. The van der Waals surface area contributed by atoms with E-state index in [4.69, 9.17) is 11.6 Å². The number of aliphatic hydroxyl groups is 1. The lowest BCUT2D eigenvalue weighted by atomic mass is 9.91. The molecule has 0 aromatic heterocycles. The van der Waals surface area contributed by atoms with Crippen LogP contribution in [0.4, 0.5) is 0 Å². The van der Waals surface area contributed by atoms with E-state index in [2.05, 4.69) is 0 Å². The minimum Gasteiger partial charge on any atom is -0.388 e. The number of halogens is 1. The highest BCUT2D eigenvalue weighted by molar-refractivity contribution is 6.30. The molecule has 2 heteroatoms. The maximum atomic E-state index is 10.2. The van der Waals surface area contributed by atoms with E-state index in [0.29, 0.717) is 5.92 Å². The Bertz CT molecular complexity index is 325. The lowest BCUT2D eigenvalue weighted by molar-refractivity contribution is 0.139. The molecule has 1 aromatic rings. The van der Waals surface area contributed by atoms with Crippen LogP contribution in [0.5, 0.6) is 0 Å². The second-order valence-corrected chi connectivity index (χ2v) is 5.60. The van der Waals surface area contributed by atoms with Gasteiger partial charge < -0.3 is 5.11 Å². The van der Waals surface area contributed by atoms with Gasteiger partial charge in [0.15, 0.2) is 0 Å². The van der Waals surface area contributed by atoms with Crippen molar-refractivity contribution in [3.05, 3.63) is 34.9 Å². The summed E-state index contributed by atoms with van der Waals surface area (Å²) in [6.45, 7) is 0. The minimum atomic E-state index is -0.324. The molecule has 1 N–H and O–H groups in total. The van der Waals surface area contributed by atoms with E-state index in [1.807, 2.05) is 24.3 Å². The maximum absolute atomic E-state index is 10.2. The molecule has 1 unspecified atom stereocenters. The summed E-state index contributed by atoms with van der Waals surface area (Å²) in [4.78, 5) is 0. The minimum absolute atomic E-state index is 0.324. The maximum Gasteiger partial charge on any atom is 0.0792 e. The fraction of sp³-hybridized carbons (Fsp3) is 0.600. The molecule has 0 bridgehead atoms. The molecule has 0 heterocycles. The van der Waals surface area contributed by atoms with Crippen LogP contribution >= 0.6 is 11.6 Å². The molecule has 0 saturated heterocycles. The Hall–Kier alpha value is -0.530. The zero-order chi connectivity index (χ0) is 12.1. The fourth-order valence-corrected chi connectivity index (χ4v) is 2.86. The van der Waals surface area contributed by atoms with Crippen LogP contribution in [0.25, 0.3) is 0 Å². The molecule has 1 aliphatic carbocycles. The van der Waals surface area contributed by atoms with E-state index in [1.54, 1.807) is 0 Å². The molecule has 94 valence electrons. The monoisotopic (exact) mass is 252 g/mol. The molecule has 1 aromatic carbocycles. The molecule has 17 heavy (non-hydrogen) atoms. The summed E-state index contributed by atoms with van der Waals surface area (Å²) in [5.74, 6) is 0.697. The lowest BCUT2D eigenvalue weighted by Crippen LogP contribution is -2.06. The highest BCUT2D eigenvalue weighted by atomic mass is 35.5. The van der Waals surface area contributed by atoms with Crippen molar-refractivity contribution in [3.63, 3.8) is 0 Å². The Morgan fingerprint density at radius 3 is 2.24 bits per heavy atom. The normalized spacial score (nSPS) is 19.9. The van der Waals surface area contributed by atoms with E-state index in [1.165, 1.54) is 38.5 Å². The quantitative estimate of drug-likeness (QED) is 0.771. The van der Waals surface area contributed by atoms with E-state index in [9.17, 15) is 5.11 Å². The Morgan fingerprint density at radius 2 is 1.65 bits per heavy atom. The van der Waals surface area contributed by atoms with Crippen molar-refractivity contribution in [2.45, 2.75) is 51.0 Å². The summed E-state index contributed by atoms with van der Waals surface area (Å²) in [7, 11) is 0. The SMILES string of the molecule is OC(CC1CCCCCC1)c1ccc(Cl)cc1. The number of aliphatic hydroxyl groups excluding tert-OH is 1. The fourth-order valence-electron chi connectivity index (χ4n) is 2.74. The van der Waals surface area contributed by atoms with Gasteiger partial charge in [-0.3, -0.25) is 0 Å². The van der Waals surface area contributed by atoms with E-state index >= 15 is 0 Å². The highest BCUT2D eigenvalue weighted by Crippen LogP contribution is 2.31. The molecule has 0 aliphatic heterocycles. The van der Waals surface area contributed by atoms with Gasteiger partial charge >= 0.3 is 0 Å². The molecular formula is C15H21ClO. The standard InChI is InChI=1S/C15H21ClO/c16-14-9-7-13(8-10-14)15(17)11-12-5-3-1-2-4-6-12/h7-10,12,15,17H,1-6,11H2. The zero-order valence-electron chi connectivity index (χ0n) is 10.2. The largest absolute Gasteiger partial charge is 0.388 e. The molecule has 0 amide bonds. The summed E-state index contributed by atoms with van der Waals surface area (Å²) in [5, 5.41) is 10.9. The third-order valence-electron chi connectivity index (χ3n) is 3.79. The summed E-state index contributed by atoms with van der Waals surface area (Å²) >= 11 is 5.85. The second kappa shape index (κ2) is 6.42. The first-order chi connectivity index (χ1) is 8.25. The average Bonchev–Trinajstić information content (AvgIpc) is 2.58. The van der Waals surface area contributed by atoms with Crippen molar-refractivity contribution in [1.82, 2.24) is 0 Å². The molecule has 1 nitrogen and oxygen atoms in total. The number of hydrogen-bond acceptors (Lipinski definition) is 1. The Labute approximate surface area is 109 Å². The predicted molar refractivity (Wildman–Crippen MR) is 72.2 cm³/mol. The van der Waals surface area contributed by atoms with Gasteiger partial charge in [0.25, 0.3) is 0 Å². The second-order valence-electron chi connectivity index (χ2n) is 5.16. The van der Waals surface area contributed by atoms with E-state index < -0.39 is 0 Å². The molecular weight excluding hydrogens is 232 g/mol. The summed E-state index contributed by atoms with van der Waals surface area (Å²) in [5.41, 5.74) is 0.999. The Balaban J connectivity index is 1.91. The molecule has 2 rings (SSSR count). The first-order valence-corrected chi connectivity index (χ1v) is 7.07. The molecule has 1 aliphatic rings. The van der Waals surface area contributed by atoms with Crippen molar-refractivity contribution in [2.24, 2.45) is 5.92 Å². The van der Waals surface area contributed by atoms with Crippen molar-refractivity contribution < 1.29 is 5.11 Å². The third-order valence-corrected chi connectivity index (χ3v) is 4.04. The van der Waals surface area contributed by atoms with Gasteiger partial charge in [-0.1, -0.05) is 62.3 Å². The van der Waals surface area contributed by atoms with Crippen LogP contribution in [0, 0.1) is 5.92 Å². The van der Waals surface area contributed by atoms with Gasteiger partial charge in [0.1, 0.15) is 0 Å². The van der Waals surface area contributed by atoms with Gasteiger partial charge in [-0.2, -0.15) is 0 Å². The smallest absolute Gasteiger partial charge is 0.0792 e. The van der Waals surface area contributed by atoms with E-state index in [-0.39, 0.29) is 6.10 Å². The van der Waals surface area contributed by atoms with Crippen LogP contribution in [0.1, 0.15) is 56.6 Å². The summed E-state index contributed by atoms with van der Waals surface area (Å²) in [6.07, 6.45) is 8.55. The molecule has 0 radical (unpaired) electrons. The molecule has 1 atom stereocenters. The number of rotatable bonds is 3. The van der Waals surface area contributed by atoms with Crippen molar-refractivity contribution in [1.29, 1.82) is 0 Å². The van der Waals surface area contributed by atoms with Crippen LogP contribution in [0.3, 0.4) is 0 Å². The van der Waals surface area contributed by atoms with Crippen LogP contribution in [0.2, 0.25) is 5.02 Å². The highest BCUT2D eigenvalue weighted by Gasteiger charge is 2.17. The van der Waals surface area contributed by atoms with Crippen molar-refractivity contribution in [3.8, 4) is 0 Å². The Kier molecular flexibility index (Phi) is 4.87. The van der Waals surface area contributed by atoms with Gasteiger partial charge in [-0.05, 0) is 30.0 Å². The van der Waals surface area contributed by atoms with E-state index in [0.717, 1.165) is 17.0 Å².